The number of hydrogen-bond donors (Lipinski definition) is 2. The van der Waals surface area contributed by atoms with E-state index in [1.54, 1.807) is 6.08 Å². The predicted molar refractivity (Wildman–Crippen MR) is 116 cm³/mol. The van der Waals surface area contributed by atoms with Gasteiger partial charge < -0.3 is 5.11 Å². The first-order chi connectivity index (χ1) is 13.8. The van der Waals surface area contributed by atoms with Crippen LogP contribution in [0, 0.1) is 30.6 Å². The van der Waals surface area contributed by atoms with Gasteiger partial charge in [-0.1, -0.05) is 42.0 Å². The summed E-state index contributed by atoms with van der Waals surface area (Å²) in [5.41, 5.74) is 2.00. The summed E-state index contributed by atoms with van der Waals surface area (Å²) in [4.78, 5) is 10.6. The van der Waals surface area contributed by atoms with Crippen molar-refractivity contribution in [2.45, 2.75) is 45.4 Å². The summed E-state index contributed by atoms with van der Waals surface area (Å²) < 4.78 is 27.7. The molecule has 0 aromatic heterocycles. The second-order valence-electron chi connectivity index (χ2n) is 8.40. The number of rotatable bonds is 10. The molecule has 2 fully saturated rings. The van der Waals surface area contributed by atoms with E-state index >= 15 is 0 Å². The van der Waals surface area contributed by atoms with E-state index in [0.717, 1.165) is 17.5 Å². The Balaban J connectivity index is 1.55. The molecule has 0 saturated heterocycles. The third kappa shape index (κ3) is 6.28. The summed E-state index contributed by atoms with van der Waals surface area (Å²) >= 11 is 0. The van der Waals surface area contributed by atoms with E-state index in [2.05, 4.69) is 16.9 Å². The number of allylic oxidation sites excluding steroid dienone is 2. The zero-order chi connectivity index (χ0) is 20.9. The van der Waals surface area contributed by atoms with Gasteiger partial charge in [-0.3, -0.25) is 4.79 Å². The van der Waals surface area contributed by atoms with Crippen molar-refractivity contribution in [3.63, 3.8) is 0 Å². The van der Waals surface area contributed by atoms with Gasteiger partial charge >= 0.3 is 5.97 Å². The molecule has 2 N–H and O–H groups in total. The van der Waals surface area contributed by atoms with Crippen LogP contribution in [-0.2, 0) is 14.8 Å². The normalized spacial score (nSPS) is 26.7. The summed E-state index contributed by atoms with van der Waals surface area (Å²) in [5, 5.41) is 9.98. The van der Waals surface area contributed by atoms with E-state index in [0.29, 0.717) is 36.6 Å². The molecule has 3 rings (SSSR count). The van der Waals surface area contributed by atoms with Gasteiger partial charge in [0, 0.05) is 18.4 Å². The van der Waals surface area contributed by atoms with E-state index in [1.807, 2.05) is 31.2 Å². The Bertz CT molecular complexity index is 857. The van der Waals surface area contributed by atoms with Crippen LogP contribution in [0.1, 0.15) is 49.7 Å². The molecule has 0 radical (unpaired) electrons. The van der Waals surface area contributed by atoms with Crippen molar-refractivity contribution < 1.29 is 18.3 Å². The smallest absolute Gasteiger partial charge is 0.303 e. The highest BCUT2D eigenvalue weighted by molar-refractivity contribution is 7.92. The SMILES string of the molecule is Cc1ccc(/C=C/S(=O)(=O)NCC2C3CCC(C3)C2/C=C/CCCC(=O)O)cc1. The molecule has 2 aliphatic carbocycles. The number of sulfonamides is 1. The molecule has 0 amide bonds. The van der Waals surface area contributed by atoms with Crippen LogP contribution in [0.3, 0.4) is 0 Å². The minimum absolute atomic E-state index is 0.192. The van der Waals surface area contributed by atoms with Crippen LogP contribution in [0.15, 0.2) is 41.8 Å². The second kappa shape index (κ2) is 9.72. The van der Waals surface area contributed by atoms with Crippen LogP contribution in [0.2, 0.25) is 0 Å². The van der Waals surface area contributed by atoms with Gasteiger partial charge in [-0.15, -0.1) is 0 Å². The van der Waals surface area contributed by atoms with E-state index in [4.69, 9.17) is 5.11 Å². The lowest BCUT2D eigenvalue weighted by molar-refractivity contribution is -0.137. The fourth-order valence-electron chi connectivity index (χ4n) is 4.79. The molecule has 4 unspecified atom stereocenters. The number of aliphatic carboxylic acids is 1. The maximum Gasteiger partial charge on any atom is 0.303 e. The number of fused-ring (bicyclic) bond motifs is 2. The zero-order valence-corrected chi connectivity index (χ0v) is 17.8. The first-order valence-electron chi connectivity index (χ1n) is 10.5. The molecule has 0 spiro atoms. The Labute approximate surface area is 174 Å². The average molecular weight is 418 g/mol. The van der Waals surface area contributed by atoms with Gasteiger partial charge in [0.05, 0.1) is 0 Å². The molecule has 2 bridgehead atoms. The van der Waals surface area contributed by atoms with Crippen molar-refractivity contribution in [1.29, 1.82) is 0 Å². The van der Waals surface area contributed by atoms with Crippen LogP contribution in [-0.4, -0.2) is 26.0 Å². The minimum atomic E-state index is -3.48. The van der Waals surface area contributed by atoms with E-state index in [1.165, 1.54) is 24.7 Å². The van der Waals surface area contributed by atoms with Gasteiger partial charge in [-0.25, -0.2) is 13.1 Å². The third-order valence-electron chi connectivity index (χ3n) is 6.31. The molecule has 2 aliphatic rings. The van der Waals surface area contributed by atoms with Gasteiger partial charge in [0.1, 0.15) is 0 Å². The quantitative estimate of drug-likeness (QED) is 0.438. The molecule has 2 saturated carbocycles. The molecular weight excluding hydrogens is 386 g/mol. The molecule has 0 heterocycles. The Kier molecular flexibility index (Phi) is 7.30. The van der Waals surface area contributed by atoms with Crippen molar-refractivity contribution in [3.05, 3.63) is 53.0 Å². The maximum atomic E-state index is 12.4. The van der Waals surface area contributed by atoms with E-state index in [-0.39, 0.29) is 6.42 Å². The second-order valence-corrected chi connectivity index (χ2v) is 10.0. The monoisotopic (exact) mass is 417 g/mol. The molecule has 4 atom stereocenters. The molecule has 158 valence electrons. The summed E-state index contributed by atoms with van der Waals surface area (Å²) in [6.45, 7) is 2.46. The topological polar surface area (TPSA) is 83.5 Å². The first-order valence-corrected chi connectivity index (χ1v) is 12.0. The number of carbonyl (C=O) groups is 1. The molecule has 5 nitrogen and oxygen atoms in total. The Morgan fingerprint density at radius 3 is 2.66 bits per heavy atom. The number of nitrogens with one attached hydrogen (secondary N) is 1. The van der Waals surface area contributed by atoms with Crippen molar-refractivity contribution >= 4 is 22.1 Å². The molecule has 6 heteroatoms. The van der Waals surface area contributed by atoms with Crippen LogP contribution >= 0.6 is 0 Å². The van der Waals surface area contributed by atoms with Gasteiger partial charge in [0.15, 0.2) is 0 Å². The molecule has 1 aromatic rings. The van der Waals surface area contributed by atoms with Crippen LogP contribution in [0.5, 0.6) is 0 Å². The summed E-state index contributed by atoms with van der Waals surface area (Å²) in [7, 11) is -3.48. The maximum absolute atomic E-state index is 12.4. The van der Waals surface area contributed by atoms with Gasteiger partial charge in [-0.05, 0) is 74.3 Å². The fraction of sp³-hybridized carbons (Fsp3) is 0.522. The average Bonchev–Trinajstić information content (AvgIpc) is 3.27. The lowest BCUT2D eigenvalue weighted by Gasteiger charge is -2.29. The number of carboxylic acids is 1. The molecular formula is C23H31NO4S. The van der Waals surface area contributed by atoms with Crippen LogP contribution < -0.4 is 4.72 Å². The highest BCUT2D eigenvalue weighted by Gasteiger charge is 2.46. The zero-order valence-electron chi connectivity index (χ0n) is 17.0. The van der Waals surface area contributed by atoms with E-state index < -0.39 is 16.0 Å². The summed E-state index contributed by atoms with van der Waals surface area (Å²) in [6, 6.07) is 7.73. The number of hydrogen-bond acceptors (Lipinski definition) is 3. The Morgan fingerprint density at radius 1 is 1.21 bits per heavy atom. The van der Waals surface area contributed by atoms with Gasteiger partial charge in [0.25, 0.3) is 0 Å². The van der Waals surface area contributed by atoms with Crippen LogP contribution in [0.4, 0.5) is 0 Å². The predicted octanol–water partition coefficient (Wildman–Crippen LogP) is 4.36. The van der Waals surface area contributed by atoms with Crippen LogP contribution in [0.25, 0.3) is 6.08 Å². The Hall–Kier alpha value is -1.92. The number of aryl methyl sites for hydroxylation is 1. The van der Waals surface area contributed by atoms with Crippen molar-refractivity contribution in [2.24, 2.45) is 23.7 Å². The highest BCUT2D eigenvalue weighted by Crippen LogP contribution is 2.52. The Morgan fingerprint density at radius 2 is 1.93 bits per heavy atom. The lowest BCUT2D eigenvalue weighted by atomic mass is 9.79. The molecule has 1 aromatic carbocycles. The van der Waals surface area contributed by atoms with E-state index in [9.17, 15) is 13.2 Å². The van der Waals surface area contributed by atoms with Crippen molar-refractivity contribution in [1.82, 2.24) is 4.72 Å². The minimum Gasteiger partial charge on any atom is -0.481 e. The van der Waals surface area contributed by atoms with Crippen molar-refractivity contribution in [3.8, 4) is 0 Å². The summed E-state index contributed by atoms with van der Waals surface area (Å²) in [6.07, 6.45) is 11.1. The summed E-state index contributed by atoms with van der Waals surface area (Å²) in [5.74, 6) is 1.17. The third-order valence-corrected chi connectivity index (χ3v) is 7.38. The van der Waals surface area contributed by atoms with Gasteiger partial charge in [-0.2, -0.15) is 0 Å². The number of carboxylic acid groups (broad SMARTS) is 1. The number of unbranched alkanes of at least 4 members (excludes halogenated alkanes) is 1. The molecule has 29 heavy (non-hydrogen) atoms. The lowest BCUT2D eigenvalue weighted by Crippen LogP contribution is -2.34. The first kappa shape index (κ1) is 21.8. The fourth-order valence-corrected chi connectivity index (χ4v) is 5.65. The van der Waals surface area contributed by atoms with Gasteiger partial charge in [0.2, 0.25) is 10.0 Å². The highest BCUT2D eigenvalue weighted by atomic mass is 32.2. The largest absolute Gasteiger partial charge is 0.481 e. The number of benzene rings is 1. The molecule has 0 aliphatic heterocycles. The van der Waals surface area contributed by atoms with Crippen molar-refractivity contribution in [2.75, 3.05) is 6.54 Å². The standard InChI is InChI=1S/C23H31NO4S/c1-17-7-9-18(10-8-17)13-14-29(27,28)24-16-22-20-12-11-19(15-20)21(22)5-3-2-4-6-23(25)26/h3,5,7-10,13-14,19-22,24H,2,4,6,11-12,15-16H2,1H3,(H,25,26)/b5-3+,14-13+.